The highest BCUT2D eigenvalue weighted by atomic mass is 16.3. The van der Waals surface area contributed by atoms with Crippen molar-refractivity contribution in [1.82, 2.24) is 9.97 Å². The molecule has 0 amide bonds. The first-order valence-electron chi connectivity index (χ1n) is 7.05. The van der Waals surface area contributed by atoms with Gasteiger partial charge in [0.15, 0.2) is 0 Å². The Labute approximate surface area is 115 Å². The van der Waals surface area contributed by atoms with Crippen molar-refractivity contribution < 1.29 is 5.11 Å². The lowest BCUT2D eigenvalue weighted by atomic mass is 9.99. The first-order chi connectivity index (χ1) is 9.10. The SMILES string of the molecule is CCCC(CCO)CNc1ncnc(N)c1C(C)C. The second kappa shape index (κ2) is 7.94. The fourth-order valence-electron chi connectivity index (χ4n) is 2.30. The maximum atomic E-state index is 9.07. The average Bonchev–Trinajstić information content (AvgIpc) is 2.36. The Morgan fingerprint density at radius 1 is 1.32 bits per heavy atom. The largest absolute Gasteiger partial charge is 0.396 e. The van der Waals surface area contributed by atoms with Crippen molar-refractivity contribution in [1.29, 1.82) is 0 Å². The van der Waals surface area contributed by atoms with Crippen LogP contribution >= 0.6 is 0 Å². The zero-order valence-corrected chi connectivity index (χ0v) is 12.2. The molecule has 5 nitrogen and oxygen atoms in total. The summed E-state index contributed by atoms with van der Waals surface area (Å²) in [6.45, 7) is 7.36. The van der Waals surface area contributed by atoms with Crippen LogP contribution in [0, 0.1) is 5.92 Å². The maximum Gasteiger partial charge on any atom is 0.134 e. The van der Waals surface area contributed by atoms with Crippen LogP contribution in [0.15, 0.2) is 6.33 Å². The number of hydrogen-bond donors (Lipinski definition) is 3. The first kappa shape index (κ1) is 15.7. The molecule has 19 heavy (non-hydrogen) atoms. The molecule has 4 N–H and O–H groups in total. The Morgan fingerprint density at radius 2 is 2.05 bits per heavy atom. The predicted molar refractivity (Wildman–Crippen MR) is 79.1 cm³/mol. The second-order valence-electron chi connectivity index (χ2n) is 5.22. The summed E-state index contributed by atoms with van der Waals surface area (Å²) in [6, 6.07) is 0. The van der Waals surface area contributed by atoms with Gasteiger partial charge in [0.2, 0.25) is 0 Å². The van der Waals surface area contributed by atoms with Crippen molar-refractivity contribution >= 4 is 11.6 Å². The van der Waals surface area contributed by atoms with Crippen molar-refractivity contribution in [3.63, 3.8) is 0 Å². The molecule has 0 radical (unpaired) electrons. The third-order valence-electron chi connectivity index (χ3n) is 3.28. The molecule has 0 aliphatic rings. The van der Waals surface area contributed by atoms with Crippen molar-refractivity contribution in [2.45, 2.75) is 46.0 Å². The number of aliphatic hydroxyl groups is 1. The van der Waals surface area contributed by atoms with Gasteiger partial charge in [0, 0.05) is 18.7 Å². The molecular weight excluding hydrogens is 240 g/mol. The topological polar surface area (TPSA) is 84.1 Å². The standard InChI is InChI=1S/C14H26N4O/c1-4-5-11(6-7-19)8-16-14-12(10(2)3)13(15)17-9-18-14/h9-11,19H,4-8H2,1-3H3,(H3,15,16,17,18). The van der Waals surface area contributed by atoms with Gasteiger partial charge in [-0.3, -0.25) is 0 Å². The van der Waals surface area contributed by atoms with Crippen LogP contribution in [-0.2, 0) is 0 Å². The zero-order valence-electron chi connectivity index (χ0n) is 12.2. The van der Waals surface area contributed by atoms with Crippen LogP contribution in [-0.4, -0.2) is 28.2 Å². The zero-order chi connectivity index (χ0) is 14.3. The van der Waals surface area contributed by atoms with Gasteiger partial charge >= 0.3 is 0 Å². The third kappa shape index (κ3) is 4.67. The minimum Gasteiger partial charge on any atom is -0.396 e. The molecule has 0 spiro atoms. The molecule has 0 aliphatic heterocycles. The van der Waals surface area contributed by atoms with E-state index in [1.807, 2.05) is 0 Å². The van der Waals surface area contributed by atoms with E-state index < -0.39 is 0 Å². The average molecular weight is 266 g/mol. The number of aromatic nitrogens is 2. The lowest BCUT2D eigenvalue weighted by Gasteiger charge is -2.19. The molecule has 5 heteroatoms. The van der Waals surface area contributed by atoms with E-state index in [2.05, 4.69) is 36.1 Å². The normalized spacial score (nSPS) is 12.7. The molecule has 0 aromatic carbocycles. The quantitative estimate of drug-likeness (QED) is 0.673. The number of nitrogens with two attached hydrogens (primary N) is 1. The van der Waals surface area contributed by atoms with E-state index in [0.29, 0.717) is 11.7 Å². The molecule has 1 heterocycles. The summed E-state index contributed by atoms with van der Waals surface area (Å²) in [7, 11) is 0. The van der Waals surface area contributed by atoms with Crippen LogP contribution in [0.2, 0.25) is 0 Å². The Hall–Kier alpha value is -1.36. The summed E-state index contributed by atoms with van der Waals surface area (Å²) < 4.78 is 0. The summed E-state index contributed by atoms with van der Waals surface area (Å²) in [5.74, 6) is 2.11. The third-order valence-corrected chi connectivity index (χ3v) is 3.28. The predicted octanol–water partition coefficient (Wildman–Crippen LogP) is 2.39. The molecule has 1 unspecified atom stereocenters. The monoisotopic (exact) mass is 266 g/mol. The van der Waals surface area contributed by atoms with Crippen LogP contribution in [0.3, 0.4) is 0 Å². The molecule has 0 saturated carbocycles. The maximum absolute atomic E-state index is 9.07. The molecule has 1 aromatic heterocycles. The van der Waals surface area contributed by atoms with Crippen molar-refractivity contribution in [2.24, 2.45) is 5.92 Å². The minimum atomic E-state index is 0.231. The highest BCUT2D eigenvalue weighted by Crippen LogP contribution is 2.26. The van der Waals surface area contributed by atoms with Gasteiger partial charge in [0.1, 0.15) is 18.0 Å². The molecule has 1 atom stereocenters. The Balaban J connectivity index is 2.73. The van der Waals surface area contributed by atoms with E-state index in [1.54, 1.807) is 0 Å². The van der Waals surface area contributed by atoms with Gasteiger partial charge in [-0.25, -0.2) is 9.97 Å². The van der Waals surface area contributed by atoms with Gasteiger partial charge in [-0.2, -0.15) is 0 Å². The van der Waals surface area contributed by atoms with E-state index >= 15 is 0 Å². The summed E-state index contributed by atoms with van der Waals surface area (Å²) in [5.41, 5.74) is 6.89. The molecular formula is C14H26N4O. The fraction of sp³-hybridized carbons (Fsp3) is 0.714. The molecule has 1 rings (SSSR count). The lowest BCUT2D eigenvalue weighted by Crippen LogP contribution is -2.18. The van der Waals surface area contributed by atoms with E-state index in [9.17, 15) is 0 Å². The molecule has 108 valence electrons. The van der Waals surface area contributed by atoms with Crippen LogP contribution < -0.4 is 11.1 Å². The van der Waals surface area contributed by atoms with Crippen molar-refractivity contribution in [3.05, 3.63) is 11.9 Å². The van der Waals surface area contributed by atoms with E-state index in [-0.39, 0.29) is 12.5 Å². The van der Waals surface area contributed by atoms with Gasteiger partial charge in [-0.05, 0) is 24.7 Å². The molecule has 0 bridgehead atoms. The van der Waals surface area contributed by atoms with Gasteiger partial charge in [-0.1, -0.05) is 27.2 Å². The molecule has 1 aromatic rings. The summed E-state index contributed by atoms with van der Waals surface area (Å²) in [6.07, 6.45) is 4.53. The van der Waals surface area contributed by atoms with Crippen LogP contribution in [0.1, 0.15) is 51.5 Å². The summed E-state index contributed by atoms with van der Waals surface area (Å²) >= 11 is 0. The number of nitrogens with zero attached hydrogens (tertiary/aromatic N) is 2. The highest BCUT2D eigenvalue weighted by Gasteiger charge is 2.14. The number of aliphatic hydroxyl groups excluding tert-OH is 1. The Morgan fingerprint density at radius 3 is 2.63 bits per heavy atom. The Kier molecular flexibility index (Phi) is 6.56. The van der Waals surface area contributed by atoms with E-state index in [0.717, 1.165) is 37.2 Å². The molecule has 0 fully saturated rings. The van der Waals surface area contributed by atoms with Gasteiger partial charge in [-0.15, -0.1) is 0 Å². The number of rotatable bonds is 8. The van der Waals surface area contributed by atoms with Crippen LogP contribution in [0.25, 0.3) is 0 Å². The lowest BCUT2D eigenvalue weighted by molar-refractivity contribution is 0.255. The van der Waals surface area contributed by atoms with Gasteiger partial charge in [0.25, 0.3) is 0 Å². The van der Waals surface area contributed by atoms with Crippen LogP contribution in [0.5, 0.6) is 0 Å². The fourth-order valence-corrected chi connectivity index (χ4v) is 2.30. The van der Waals surface area contributed by atoms with Gasteiger partial charge in [0.05, 0.1) is 0 Å². The van der Waals surface area contributed by atoms with Crippen molar-refractivity contribution in [2.75, 3.05) is 24.2 Å². The summed E-state index contributed by atoms with van der Waals surface area (Å²) in [4.78, 5) is 8.34. The highest BCUT2D eigenvalue weighted by molar-refractivity contribution is 5.56. The molecule has 0 saturated heterocycles. The van der Waals surface area contributed by atoms with Crippen LogP contribution in [0.4, 0.5) is 11.6 Å². The minimum absolute atomic E-state index is 0.231. The first-order valence-corrected chi connectivity index (χ1v) is 7.05. The van der Waals surface area contributed by atoms with Crippen molar-refractivity contribution in [3.8, 4) is 0 Å². The molecule has 0 aliphatic carbocycles. The Bertz CT molecular complexity index is 376. The number of nitrogen functional groups attached to an aromatic ring is 1. The number of nitrogens with one attached hydrogen (secondary N) is 1. The summed E-state index contributed by atoms with van der Waals surface area (Å²) in [5, 5.41) is 12.4. The number of anilines is 2. The van der Waals surface area contributed by atoms with E-state index in [4.69, 9.17) is 10.8 Å². The number of hydrogen-bond acceptors (Lipinski definition) is 5. The smallest absolute Gasteiger partial charge is 0.134 e. The van der Waals surface area contributed by atoms with Gasteiger partial charge < -0.3 is 16.2 Å². The van der Waals surface area contributed by atoms with E-state index in [1.165, 1.54) is 6.33 Å². The second-order valence-corrected chi connectivity index (χ2v) is 5.22.